The van der Waals surface area contributed by atoms with Crippen LogP contribution in [-0.2, 0) is 18.3 Å². The number of carbonyl (C=O) groups is 1. The lowest BCUT2D eigenvalue weighted by atomic mass is 10.1. The molecule has 146 valence electrons. The average molecular weight is 402 g/mol. The highest BCUT2D eigenvalue weighted by Crippen LogP contribution is 2.26. The molecule has 1 heterocycles. The molecule has 0 spiro atoms. The van der Waals surface area contributed by atoms with Crippen molar-refractivity contribution in [3.05, 3.63) is 65.7 Å². The Morgan fingerprint density at radius 2 is 1.86 bits per heavy atom. The fraction of sp³-hybridized carbons (Fsp3) is 0.250. The Morgan fingerprint density at radius 3 is 2.57 bits per heavy atom. The van der Waals surface area contributed by atoms with Gasteiger partial charge in [0, 0.05) is 13.6 Å². The van der Waals surface area contributed by atoms with Gasteiger partial charge in [0.05, 0.1) is 10.8 Å². The third-order valence-corrected chi connectivity index (χ3v) is 5.36. The third kappa shape index (κ3) is 4.75. The first-order valence-electron chi connectivity index (χ1n) is 8.79. The molecule has 0 aliphatic rings. The van der Waals surface area contributed by atoms with Crippen LogP contribution in [0.5, 0.6) is 0 Å². The smallest absolute Gasteiger partial charge is 0.233 e. The Morgan fingerprint density at radius 1 is 1.14 bits per heavy atom. The molecule has 0 unspecified atom stereocenters. The van der Waals surface area contributed by atoms with Gasteiger partial charge in [-0.3, -0.25) is 4.79 Å². The minimum atomic E-state index is -0.399. The van der Waals surface area contributed by atoms with Gasteiger partial charge >= 0.3 is 0 Å². The maximum Gasteiger partial charge on any atom is 0.233 e. The molecule has 0 fully saturated rings. The van der Waals surface area contributed by atoms with E-state index >= 15 is 0 Å². The first-order chi connectivity index (χ1) is 13.5. The number of hydrogen-bond donors (Lipinski definition) is 1. The van der Waals surface area contributed by atoms with Crippen molar-refractivity contribution in [2.45, 2.75) is 23.8 Å². The zero-order valence-corrected chi connectivity index (χ0v) is 16.3. The standard InChI is InChI=1S/C20H20F2N4OS/c1-13(19(27)23-12-11-14-7-9-15(21)10-8-14)28-20-25-24-18(26(20)2)16-5-3-4-6-17(16)22/h3-10,13H,11-12H2,1-2H3,(H,23,27)/t13-/m0/s1. The summed E-state index contributed by atoms with van der Waals surface area (Å²) in [6, 6.07) is 12.5. The fourth-order valence-electron chi connectivity index (χ4n) is 2.63. The second-order valence-electron chi connectivity index (χ2n) is 6.27. The van der Waals surface area contributed by atoms with E-state index in [9.17, 15) is 13.6 Å². The third-order valence-electron chi connectivity index (χ3n) is 4.23. The van der Waals surface area contributed by atoms with Crippen LogP contribution in [0.2, 0.25) is 0 Å². The molecule has 0 aliphatic heterocycles. The van der Waals surface area contributed by atoms with Crippen LogP contribution in [0.1, 0.15) is 12.5 Å². The highest BCUT2D eigenvalue weighted by molar-refractivity contribution is 8.00. The zero-order chi connectivity index (χ0) is 20.1. The lowest BCUT2D eigenvalue weighted by Crippen LogP contribution is -2.32. The van der Waals surface area contributed by atoms with Crippen molar-refractivity contribution in [1.82, 2.24) is 20.1 Å². The van der Waals surface area contributed by atoms with Gasteiger partial charge in [0.2, 0.25) is 5.91 Å². The number of benzene rings is 2. The normalized spacial score (nSPS) is 12.0. The molecule has 3 aromatic rings. The molecule has 1 atom stereocenters. The molecule has 1 N–H and O–H groups in total. The van der Waals surface area contributed by atoms with E-state index in [2.05, 4.69) is 15.5 Å². The van der Waals surface area contributed by atoms with Gasteiger partial charge in [-0.15, -0.1) is 10.2 Å². The van der Waals surface area contributed by atoms with Gasteiger partial charge in [-0.1, -0.05) is 36.0 Å². The number of nitrogens with zero attached hydrogens (tertiary/aromatic N) is 3. The summed E-state index contributed by atoms with van der Waals surface area (Å²) in [5.74, 6) is -0.385. The van der Waals surface area contributed by atoms with Crippen molar-refractivity contribution in [3.8, 4) is 11.4 Å². The summed E-state index contributed by atoms with van der Waals surface area (Å²) in [5, 5.41) is 11.1. The first-order valence-corrected chi connectivity index (χ1v) is 9.67. The molecule has 0 radical (unpaired) electrons. The first kappa shape index (κ1) is 20.0. The molecule has 1 amide bonds. The summed E-state index contributed by atoms with van der Waals surface area (Å²) in [6.45, 7) is 2.23. The summed E-state index contributed by atoms with van der Waals surface area (Å²) in [6.07, 6.45) is 0.616. The largest absolute Gasteiger partial charge is 0.355 e. The van der Waals surface area contributed by atoms with E-state index in [0.29, 0.717) is 29.5 Å². The van der Waals surface area contributed by atoms with Crippen LogP contribution < -0.4 is 5.32 Å². The molecule has 5 nitrogen and oxygen atoms in total. The summed E-state index contributed by atoms with van der Waals surface area (Å²) in [7, 11) is 1.74. The predicted molar refractivity (Wildman–Crippen MR) is 105 cm³/mol. The number of carbonyl (C=O) groups excluding carboxylic acids is 1. The van der Waals surface area contributed by atoms with E-state index in [1.165, 1.54) is 30.0 Å². The minimum Gasteiger partial charge on any atom is -0.355 e. The Balaban J connectivity index is 1.57. The maximum absolute atomic E-state index is 14.0. The Bertz CT molecular complexity index is 959. The zero-order valence-electron chi connectivity index (χ0n) is 15.5. The van der Waals surface area contributed by atoms with Crippen LogP contribution in [0.4, 0.5) is 8.78 Å². The van der Waals surface area contributed by atoms with Gasteiger partial charge in [-0.05, 0) is 43.2 Å². The quantitative estimate of drug-likeness (QED) is 0.614. The molecule has 0 aliphatic carbocycles. The molecular formula is C20H20F2N4OS. The van der Waals surface area contributed by atoms with Gasteiger partial charge in [0.1, 0.15) is 11.6 Å². The van der Waals surface area contributed by atoms with Gasteiger partial charge in [-0.25, -0.2) is 8.78 Å². The van der Waals surface area contributed by atoms with Gasteiger partial charge in [0.15, 0.2) is 11.0 Å². The molecule has 0 bridgehead atoms. The van der Waals surface area contributed by atoms with Crippen LogP contribution in [0, 0.1) is 11.6 Å². The number of rotatable bonds is 7. The second kappa shape index (κ2) is 8.97. The fourth-order valence-corrected chi connectivity index (χ4v) is 3.47. The monoisotopic (exact) mass is 402 g/mol. The van der Waals surface area contributed by atoms with Gasteiger partial charge < -0.3 is 9.88 Å². The van der Waals surface area contributed by atoms with E-state index in [-0.39, 0.29) is 17.5 Å². The number of amides is 1. The van der Waals surface area contributed by atoms with E-state index in [0.717, 1.165) is 5.56 Å². The van der Waals surface area contributed by atoms with Crippen molar-refractivity contribution >= 4 is 17.7 Å². The van der Waals surface area contributed by atoms with E-state index in [1.807, 2.05) is 0 Å². The van der Waals surface area contributed by atoms with E-state index in [4.69, 9.17) is 0 Å². The van der Waals surface area contributed by atoms with Crippen molar-refractivity contribution in [3.63, 3.8) is 0 Å². The summed E-state index contributed by atoms with van der Waals surface area (Å²) < 4.78 is 28.6. The SMILES string of the molecule is C[C@H](Sc1nnc(-c2ccccc2F)n1C)C(=O)NCCc1ccc(F)cc1. The molecule has 2 aromatic carbocycles. The number of thioether (sulfide) groups is 1. The predicted octanol–water partition coefficient (Wildman–Crippen LogP) is 3.60. The second-order valence-corrected chi connectivity index (χ2v) is 7.58. The van der Waals surface area contributed by atoms with Crippen molar-refractivity contribution in [1.29, 1.82) is 0 Å². The van der Waals surface area contributed by atoms with Crippen molar-refractivity contribution in [2.24, 2.45) is 7.05 Å². The average Bonchev–Trinajstić information content (AvgIpc) is 3.04. The number of halogens is 2. The molecule has 3 rings (SSSR count). The Labute approximate surface area is 166 Å². The molecule has 8 heteroatoms. The number of hydrogen-bond acceptors (Lipinski definition) is 4. The van der Waals surface area contributed by atoms with Gasteiger partial charge in [-0.2, -0.15) is 0 Å². The number of nitrogens with one attached hydrogen (secondary N) is 1. The van der Waals surface area contributed by atoms with Crippen molar-refractivity contribution < 1.29 is 13.6 Å². The molecular weight excluding hydrogens is 382 g/mol. The molecule has 0 saturated heterocycles. The van der Waals surface area contributed by atoms with Crippen LogP contribution >= 0.6 is 11.8 Å². The lowest BCUT2D eigenvalue weighted by Gasteiger charge is -2.12. The molecule has 28 heavy (non-hydrogen) atoms. The summed E-state index contributed by atoms with van der Waals surface area (Å²) >= 11 is 1.25. The van der Waals surface area contributed by atoms with Crippen LogP contribution in [-0.4, -0.2) is 32.5 Å². The highest BCUT2D eigenvalue weighted by Gasteiger charge is 2.20. The topological polar surface area (TPSA) is 59.8 Å². The van der Waals surface area contributed by atoms with E-state index < -0.39 is 5.25 Å². The van der Waals surface area contributed by atoms with Crippen LogP contribution in [0.15, 0.2) is 53.7 Å². The van der Waals surface area contributed by atoms with E-state index in [1.54, 1.807) is 48.9 Å². The maximum atomic E-state index is 14.0. The minimum absolute atomic E-state index is 0.137. The Kier molecular flexibility index (Phi) is 6.41. The number of aromatic nitrogens is 3. The van der Waals surface area contributed by atoms with Crippen molar-refractivity contribution in [2.75, 3.05) is 6.54 Å². The lowest BCUT2D eigenvalue weighted by molar-refractivity contribution is -0.120. The summed E-state index contributed by atoms with van der Waals surface area (Å²) in [5.41, 5.74) is 1.31. The van der Waals surface area contributed by atoms with Gasteiger partial charge in [0.25, 0.3) is 0 Å². The summed E-state index contributed by atoms with van der Waals surface area (Å²) in [4.78, 5) is 12.3. The van der Waals surface area contributed by atoms with Crippen LogP contribution in [0.3, 0.4) is 0 Å². The molecule has 0 saturated carbocycles. The van der Waals surface area contributed by atoms with Crippen LogP contribution in [0.25, 0.3) is 11.4 Å². The highest BCUT2D eigenvalue weighted by atomic mass is 32.2. The Hall–Kier alpha value is -2.74. The molecule has 1 aromatic heterocycles.